The number of hydrogen-bond acceptors (Lipinski definition) is 3. The number of nitrogens with two attached hydrogens (primary N) is 1. The van der Waals surface area contributed by atoms with E-state index in [1.165, 1.54) is 5.56 Å². The van der Waals surface area contributed by atoms with Crippen molar-refractivity contribution in [3.8, 4) is 5.75 Å². The molecule has 0 aliphatic carbocycles. The fourth-order valence-electron chi connectivity index (χ4n) is 2.06. The second kappa shape index (κ2) is 6.38. The van der Waals surface area contributed by atoms with E-state index in [4.69, 9.17) is 10.5 Å². The van der Waals surface area contributed by atoms with Crippen LogP contribution < -0.4 is 10.5 Å². The Bertz CT molecular complexity index is 517. The molecule has 1 heterocycles. The van der Waals surface area contributed by atoms with E-state index < -0.39 is 0 Å². The van der Waals surface area contributed by atoms with E-state index in [1.54, 1.807) is 0 Å². The van der Waals surface area contributed by atoms with E-state index in [0.29, 0.717) is 13.2 Å². The zero-order valence-electron chi connectivity index (χ0n) is 11.6. The molecule has 0 saturated carbocycles. The molecule has 2 N–H and O–H groups in total. The molecule has 1 aromatic carbocycles. The van der Waals surface area contributed by atoms with Gasteiger partial charge in [0.05, 0.1) is 12.3 Å². The molecule has 0 amide bonds. The van der Waals surface area contributed by atoms with Crippen LogP contribution in [0.4, 0.5) is 0 Å². The van der Waals surface area contributed by atoms with Gasteiger partial charge in [0.15, 0.2) is 0 Å². The standard InChI is InChI=1S/C15H21N3O/c1-3-19-14-6-4-12(5-7-14)10-15-17-13(8-9-16)11-18(15)2/h4-7,11H,3,8-10,16H2,1-2H3. The third kappa shape index (κ3) is 3.58. The SMILES string of the molecule is CCOc1ccc(Cc2nc(CCN)cn2C)cc1. The second-order valence-corrected chi connectivity index (χ2v) is 4.55. The van der Waals surface area contributed by atoms with Crippen LogP contribution in [-0.4, -0.2) is 22.7 Å². The van der Waals surface area contributed by atoms with Gasteiger partial charge in [0, 0.05) is 26.1 Å². The van der Waals surface area contributed by atoms with Crippen LogP contribution in [-0.2, 0) is 19.9 Å². The molecule has 4 heteroatoms. The van der Waals surface area contributed by atoms with Gasteiger partial charge in [-0.2, -0.15) is 0 Å². The number of aromatic nitrogens is 2. The first kappa shape index (κ1) is 13.6. The molecule has 19 heavy (non-hydrogen) atoms. The molecule has 0 aliphatic rings. The van der Waals surface area contributed by atoms with Crippen LogP contribution in [0.1, 0.15) is 24.0 Å². The summed E-state index contributed by atoms with van der Waals surface area (Å²) in [5.74, 6) is 1.97. The predicted octanol–water partition coefficient (Wildman–Crippen LogP) is 1.91. The molecular formula is C15H21N3O. The number of nitrogens with zero attached hydrogens (tertiary/aromatic N) is 2. The third-order valence-electron chi connectivity index (χ3n) is 3.02. The summed E-state index contributed by atoms with van der Waals surface area (Å²) in [6.07, 6.45) is 3.71. The minimum atomic E-state index is 0.638. The van der Waals surface area contributed by atoms with Crippen molar-refractivity contribution in [1.29, 1.82) is 0 Å². The number of imidazole rings is 1. The Hall–Kier alpha value is -1.81. The Balaban J connectivity index is 2.07. The maximum absolute atomic E-state index is 5.55. The van der Waals surface area contributed by atoms with E-state index in [-0.39, 0.29) is 0 Å². The molecule has 1 aromatic heterocycles. The molecule has 0 aliphatic heterocycles. The van der Waals surface area contributed by atoms with Gasteiger partial charge in [-0.1, -0.05) is 12.1 Å². The maximum atomic E-state index is 5.55. The number of hydrogen-bond donors (Lipinski definition) is 1. The summed E-state index contributed by atoms with van der Waals surface area (Å²) in [5.41, 5.74) is 7.85. The normalized spacial score (nSPS) is 10.7. The molecule has 0 unspecified atom stereocenters. The van der Waals surface area contributed by atoms with Crippen LogP contribution in [0.2, 0.25) is 0 Å². The highest BCUT2D eigenvalue weighted by atomic mass is 16.5. The molecule has 0 atom stereocenters. The lowest BCUT2D eigenvalue weighted by molar-refractivity contribution is 0.340. The first-order chi connectivity index (χ1) is 9.22. The lowest BCUT2D eigenvalue weighted by Crippen LogP contribution is -2.03. The molecule has 0 bridgehead atoms. The molecule has 0 spiro atoms. The van der Waals surface area contributed by atoms with E-state index in [9.17, 15) is 0 Å². The summed E-state index contributed by atoms with van der Waals surface area (Å²) in [6, 6.07) is 8.18. The van der Waals surface area contributed by atoms with Gasteiger partial charge >= 0.3 is 0 Å². The first-order valence-electron chi connectivity index (χ1n) is 6.66. The highest BCUT2D eigenvalue weighted by molar-refractivity contribution is 5.29. The molecular weight excluding hydrogens is 238 g/mol. The van der Waals surface area contributed by atoms with Crippen molar-refractivity contribution in [2.24, 2.45) is 12.8 Å². The van der Waals surface area contributed by atoms with Gasteiger partial charge in [-0.3, -0.25) is 0 Å². The summed E-state index contributed by atoms with van der Waals surface area (Å²) < 4.78 is 7.51. The number of ether oxygens (including phenoxy) is 1. The Morgan fingerprint density at radius 1 is 1.26 bits per heavy atom. The van der Waals surface area contributed by atoms with E-state index in [2.05, 4.69) is 27.9 Å². The topological polar surface area (TPSA) is 53.1 Å². The summed E-state index contributed by atoms with van der Waals surface area (Å²) in [4.78, 5) is 4.61. The van der Waals surface area contributed by atoms with Crippen molar-refractivity contribution in [3.63, 3.8) is 0 Å². The highest BCUT2D eigenvalue weighted by Gasteiger charge is 2.06. The van der Waals surface area contributed by atoms with Gasteiger partial charge in [0.1, 0.15) is 11.6 Å². The molecule has 2 rings (SSSR count). The van der Waals surface area contributed by atoms with Gasteiger partial charge in [-0.05, 0) is 31.2 Å². The zero-order valence-corrected chi connectivity index (χ0v) is 11.6. The second-order valence-electron chi connectivity index (χ2n) is 4.55. The van der Waals surface area contributed by atoms with Gasteiger partial charge in [0.25, 0.3) is 0 Å². The summed E-state index contributed by atoms with van der Waals surface area (Å²) in [7, 11) is 2.02. The van der Waals surface area contributed by atoms with Crippen molar-refractivity contribution < 1.29 is 4.74 Å². The Kier molecular flexibility index (Phi) is 4.58. The average Bonchev–Trinajstić information content (AvgIpc) is 2.73. The Morgan fingerprint density at radius 3 is 2.63 bits per heavy atom. The Morgan fingerprint density at radius 2 is 2.00 bits per heavy atom. The minimum Gasteiger partial charge on any atom is -0.494 e. The first-order valence-corrected chi connectivity index (χ1v) is 6.66. The summed E-state index contributed by atoms with van der Waals surface area (Å²) in [6.45, 7) is 3.32. The number of aryl methyl sites for hydroxylation is 1. The van der Waals surface area contributed by atoms with Gasteiger partial charge in [-0.25, -0.2) is 4.98 Å². The predicted molar refractivity (Wildman–Crippen MR) is 76.4 cm³/mol. The fourth-order valence-corrected chi connectivity index (χ4v) is 2.06. The largest absolute Gasteiger partial charge is 0.494 e. The van der Waals surface area contributed by atoms with Crippen molar-refractivity contribution in [1.82, 2.24) is 9.55 Å². The summed E-state index contributed by atoms with van der Waals surface area (Å²) in [5, 5.41) is 0. The summed E-state index contributed by atoms with van der Waals surface area (Å²) >= 11 is 0. The van der Waals surface area contributed by atoms with Gasteiger partial charge in [-0.15, -0.1) is 0 Å². The van der Waals surface area contributed by atoms with Gasteiger partial charge < -0.3 is 15.0 Å². The van der Waals surface area contributed by atoms with Crippen molar-refractivity contribution in [3.05, 3.63) is 47.5 Å². The Labute approximate surface area is 114 Å². The molecule has 0 fully saturated rings. The van der Waals surface area contributed by atoms with Crippen molar-refractivity contribution >= 4 is 0 Å². The fraction of sp³-hybridized carbons (Fsp3) is 0.400. The smallest absolute Gasteiger partial charge is 0.119 e. The molecule has 0 radical (unpaired) electrons. The average molecular weight is 259 g/mol. The molecule has 102 valence electrons. The van der Waals surface area contributed by atoms with E-state index >= 15 is 0 Å². The highest BCUT2D eigenvalue weighted by Crippen LogP contribution is 2.15. The maximum Gasteiger partial charge on any atom is 0.119 e. The van der Waals surface area contributed by atoms with Crippen LogP contribution in [0.15, 0.2) is 30.5 Å². The quantitative estimate of drug-likeness (QED) is 0.862. The zero-order chi connectivity index (χ0) is 13.7. The van der Waals surface area contributed by atoms with Crippen LogP contribution in [0.25, 0.3) is 0 Å². The van der Waals surface area contributed by atoms with Crippen molar-refractivity contribution in [2.75, 3.05) is 13.2 Å². The van der Waals surface area contributed by atoms with Gasteiger partial charge in [0.2, 0.25) is 0 Å². The number of rotatable bonds is 6. The van der Waals surface area contributed by atoms with E-state index in [0.717, 1.165) is 30.1 Å². The molecule has 2 aromatic rings. The van der Waals surface area contributed by atoms with Crippen LogP contribution in [0.5, 0.6) is 5.75 Å². The third-order valence-corrected chi connectivity index (χ3v) is 3.02. The lowest BCUT2D eigenvalue weighted by atomic mass is 10.1. The van der Waals surface area contributed by atoms with Crippen LogP contribution in [0.3, 0.4) is 0 Å². The van der Waals surface area contributed by atoms with Crippen LogP contribution >= 0.6 is 0 Å². The monoisotopic (exact) mass is 259 g/mol. The van der Waals surface area contributed by atoms with Crippen LogP contribution in [0, 0.1) is 0 Å². The molecule has 0 saturated heterocycles. The lowest BCUT2D eigenvalue weighted by Gasteiger charge is -2.05. The molecule has 4 nitrogen and oxygen atoms in total. The van der Waals surface area contributed by atoms with Crippen molar-refractivity contribution in [2.45, 2.75) is 19.8 Å². The number of benzene rings is 1. The van der Waals surface area contributed by atoms with E-state index in [1.807, 2.05) is 26.1 Å². The minimum absolute atomic E-state index is 0.638.